The molecule has 46 heavy (non-hydrogen) atoms. The van der Waals surface area contributed by atoms with Gasteiger partial charge in [-0.1, -0.05) is 103 Å². The molecule has 0 unspecified atom stereocenters. The van der Waals surface area contributed by atoms with Gasteiger partial charge in [0.15, 0.2) is 0 Å². The van der Waals surface area contributed by atoms with Crippen molar-refractivity contribution in [1.29, 1.82) is 0 Å². The highest BCUT2D eigenvalue weighted by molar-refractivity contribution is 7.92. The second kappa shape index (κ2) is 15.4. The molecule has 0 aliphatic heterocycles. The van der Waals surface area contributed by atoms with Crippen LogP contribution in [0.3, 0.4) is 0 Å². The Bertz CT molecular complexity index is 1740. The molecule has 0 saturated heterocycles. The third kappa shape index (κ3) is 8.98. The van der Waals surface area contributed by atoms with Gasteiger partial charge in [0.2, 0.25) is 11.8 Å². The summed E-state index contributed by atoms with van der Waals surface area (Å²) < 4.78 is 29.6. The first-order chi connectivity index (χ1) is 21.8. The molecule has 0 bridgehead atoms. The average molecular weight is 660 g/mol. The maximum Gasteiger partial charge on any atom is 0.264 e. The number of benzene rings is 4. The largest absolute Gasteiger partial charge is 0.354 e. The number of aryl methyl sites for hydroxylation is 3. The Balaban J connectivity index is 1.82. The fraction of sp³-hybridized carbons (Fsp3) is 0.297. The van der Waals surface area contributed by atoms with Crippen molar-refractivity contribution < 1.29 is 18.0 Å². The Kier molecular flexibility index (Phi) is 11.7. The van der Waals surface area contributed by atoms with Gasteiger partial charge in [-0.05, 0) is 73.7 Å². The van der Waals surface area contributed by atoms with Crippen molar-refractivity contribution in [3.63, 3.8) is 0 Å². The third-order valence-corrected chi connectivity index (χ3v) is 9.75. The number of anilines is 1. The minimum absolute atomic E-state index is 0.0563. The second-order valence-corrected chi connectivity index (χ2v) is 14.4. The molecule has 9 heteroatoms. The van der Waals surface area contributed by atoms with E-state index in [-0.39, 0.29) is 29.7 Å². The Labute approximate surface area is 278 Å². The summed E-state index contributed by atoms with van der Waals surface area (Å²) in [6.45, 7) is 9.65. The summed E-state index contributed by atoms with van der Waals surface area (Å²) in [6.07, 6.45) is 0.257. The standard InChI is InChI=1S/C37H42ClN3O4S/c1-26(2)23-39-37(43)35(22-30-9-7-6-8-10-30)40(24-31-15-11-27(3)12-16-31)36(42)25-41(34-20-17-32(38)21-29(34)5)46(44,45)33-18-13-28(4)14-19-33/h6-21,26,35H,22-25H2,1-5H3,(H,39,43)/t35-/m1/s1. The summed E-state index contributed by atoms with van der Waals surface area (Å²) in [4.78, 5) is 30.1. The van der Waals surface area contributed by atoms with Crippen molar-refractivity contribution in [2.24, 2.45) is 5.92 Å². The quantitative estimate of drug-likeness (QED) is 0.170. The van der Waals surface area contributed by atoms with Gasteiger partial charge in [-0.25, -0.2) is 8.42 Å². The van der Waals surface area contributed by atoms with E-state index in [1.54, 1.807) is 37.3 Å². The van der Waals surface area contributed by atoms with E-state index in [9.17, 15) is 18.0 Å². The molecule has 4 rings (SSSR count). The monoisotopic (exact) mass is 659 g/mol. The van der Waals surface area contributed by atoms with Crippen molar-refractivity contribution in [3.05, 3.63) is 130 Å². The molecule has 4 aromatic rings. The lowest BCUT2D eigenvalue weighted by Gasteiger charge is -2.34. The van der Waals surface area contributed by atoms with Crippen LogP contribution in [0.25, 0.3) is 0 Å². The van der Waals surface area contributed by atoms with Crippen molar-refractivity contribution in [1.82, 2.24) is 10.2 Å². The summed E-state index contributed by atoms with van der Waals surface area (Å²) in [6, 6.07) is 27.8. The van der Waals surface area contributed by atoms with E-state index in [2.05, 4.69) is 5.32 Å². The van der Waals surface area contributed by atoms with Gasteiger partial charge in [0.05, 0.1) is 10.6 Å². The van der Waals surface area contributed by atoms with E-state index in [0.717, 1.165) is 26.6 Å². The Hall–Kier alpha value is -4.14. The van der Waals surface area contributed by atoms with E-state index in [0.29, 0.717) is 22.8 Å². The van der Waals surface area contributed by atoms with Gasteiger partial charge in [0.1, 0.15) is 12.6 Å². The molecule has 0 fully saturated rings. The number of amides is 2. The minimum Gasteiger partial charge on any atom is -0.354 e. The number of halogens is 1. The smallest absolute Gasteiger partial charge is 0.264 e. The number of nitrogens with zero attached hydrogens (tertiary/aromatic N) is 2. The van der Waals surface area contributed by atoms with Crippen LogP contribution in [0.5, 0.6) is 0 Å². The maximum absolute atomic E-state index is 14.6. The first-order valence-electron chi connectivity index (χ1n) is 15.4. The lowest BCUT2D eigenvalue weighted by atomic mass is 10.0. The van der Waals surface area contributed by atoms with Crippen LogP contribution in [0, 0.1) is 26.7 Å². The predicted molar refractivity (Wildman–Crippen MR) is 185 cm³/mol. The Morgan fingerprint density at radius 1 is 0.804 bits per heavy atom. The molecule has 0 aliphatic carbocycles. The molecule has 2 amide bonds. The molecule has 1 atom stereocenters. The Morgan fingerprint density at radius 2 is 1.41 bits per heavy atom. The van der Waals surface area contributed by atoms with Crippen LogP contribution in [0.4, 0.5) is 5.69 Å². The molecule has 242 valence electrons. The summed E-state index contributed by atoms with van der Waals surface area (Å²) in [5.74, 6) is -0.606. The topological polar surface area (TPSA) is 86.8 Å². The van der Waals surface area contributed by atoms with Gasteiger partial charge >= 0.3 is 0 Å². The summed E-state index contributed by atoms with van der Waals surface area (Å²) >= 11 is 6.25. The van der Waals surface area contributed by atoms with Crippen molar-refractivity contribution in [2.45, 2.75) is 58.5 Å². The average Bonchev–Trinajstić information content (AvgIpc) is 3.02. The molecule has 0 saturated carbocycles. The van der Waals surface area contributed by atoms with Crippen LogP contribution >= 0.6 is 11.6 Å². The zero-order valence-corrected chi connectivity index (χ0v) is 28.6. The van der Waals surface area contributed by atoms with Crippen LogP contribution < -0.4 is 9.62 Å². The van der Waals surface area contributed by atoms with Crippen molar-refractivity contribution in [2.75, 3.05) is 17.4 Å². The molecule has 0 spiro atoms. The van der Waals surface area contributed by atoms with Gasteiger partial charge in [-0.3, -0.25) is 13.9 Å². The van der Waals surface area contributed by atoms with Crippen molar-refractivity contribution >= 4 is 39.1 Å². The lowest BCUT2D eigenvalue weighted by Crippen LogP contribution is -2.53. The molecule has 0 aromatic heterocycles. The van der Waals surface area contributed by atoms with E-state index >= 15 is 0 Å². The fourth-order valence-corrected chi connectivity index (χ4v) is 6.82. The zero-order chi connectivity index (χ0) is 33.4. The highest BCUT2D eigenvalue weighted by Crippen LogP contribution is 2.30. The van der Waals surface area contributed by atoms with Crippen LogP contribution in [-0.2, 0) is 32.6 Å². The van der Waals surface area contributed by atoms with Gasteiger partial charge in [-0.2, -0.15) is 0 Å². The molecule has 1 N–H and O–H groups in total. The van der Waals surface area contributed by atoms with E-state index in [1.165, 1.54) is 17.0 Å². The number of hydrogen-bond donors (Lipinski definition) is 1. The molecule has 0 heterocycles. The SMILES string of the molecule is Cc1ccc(CN(C(=O)CN(c2ccc(Cl)cc2C)S(=O)(=O)c2ccc(C)cc2)[C@H](Cc2ccccc2)C(=O)NCC(C)C)cc1. The third-order valence-electron chi connectivity index (χ3n) is 7.74. The van der Waals surface area contributed by atoms with Crippen LogP contribution in [-0.4, -0.2) is 44.3 Å². The van der Waals surface area contributed by atoms with Crippen LogP contribution in [0.2, 0.25) is 5.02 Å². The Morgan fingerprint density at radius 3 is 2.00 bits per heavy atom. The molecule has 0 radical (unpaired) electrons. The van der Waals surface area contributed by atoms with Gasteiger partial charge in [0, 0.05) is 24.5 Å². The normalized spacial score (nSPS) is 12.1. The number of hydrogen-bond acceptors (Lipinski definition) is 4. The molecular formula is C37H42ClN3O4S. The van der Waals surface area contributed by atoms with E-state index in [4.69, 9.17) is 11.6 Å². The minimum atomic E-state index is -4.20. The molecule has 4 aromatic carbocycles. The summed E-state index contributed by atoms with van der Waals surface area (Å²) in [5.41, 5.74) is 4.60. The number of rotatable bonds is 13. The summed E-state index contributed by atoms with van der Waals surface area (Å²) in [7, 11) is -4.20. The molecular weight excluding hydrogens is 618 g/mol. The zero-order valence-electron chi connectivity index (χ0n) is 27.0. The molecule has 0 aliphatic rings. The predicted octanol–water partition coefficient (Wildman–Crippen LogP) is 6.87. The van der Waals surface area contributed by atoms with Gasteiger partial charge in [-0.15, -0.1) is 0 Å². The second-order valence-electron chi connectivity index (χ2n) is 12.1. The van der Waals surface area contributed by atoms with Crippen LogP contribution in [0.1, 0.15) is 41.7 Å². The lowest BCUT2D eigenvalue weighted by molar-refractivity contribution is -0.140. The number of carbonyl (C=O) groups excluding carboxylic acids is 2. The van der Waals surface area contributed by atoms with Crippen molar-refractivity contribution in [3.8, 4) is 0 Å². The van der Waals surface area contributed by atoms with Crippen LogP contribution in [0.15, 0.2) is 102 Å². The van der Waals surface area contributed by atoms with E-state index < -0.39 is 28.5 Å². The highest BCUT2D eigenvalue weighted by atomic mass is 35.5. The maximum atomic E-state index is 14.6. The highest BCUT2D eigenvalue weighted by Gasteiger charge is 2.35. The van der Waals surface area contributed by atoms with Gasteiger partial charge < -0.3 is 10.2 Å². The number of carbonyl (C=O) groups is 2. The van der Waals surface area contributed by atoms with Gasteiger partial charge in [0.25, 0.3) is 10.0 Å². The summed E-state index contributed by atoms with van der Waals surface area (Å²) in [5, 5.41) is 3.47. The fourth-order valence-electron chi connectivity index (χ4n) is 5.12. The first-order valence-corrected chi connectivity index (χ1v) is 17.2. The van der Waals surface area contributed by atoms with E-state index in [1.807, 2.05) is 82.3 Å². The number of sulfonamides is 1. The first kappa shape index (κ1) is 34.7. The number of nitrogens with one attached hydrogen (secondary N) is 1. The molecule has 7 nitrogen and oxygen atoms in total.